The number of halogens is 1. The fraction of sp³-hybridized carbons (Fsp3) is 0.300. The number of rotatable bonds is 6. The monoisotopic (exact) mass is 359 g/mol. The molecule has 0 saturated carbocycles. The third kappa shape index (κ3) is 5.33. The molecule has 0 aromatic heterocycles. The van der Waals surface area contributed by atoms with Gasteiger partial charge in [-0.05, 0) is 42.2 Å². The van der Waals surface area contributed by atoms with Gasteiger partial charge >= 0.3 is 5.97 Å². The van der Waals surface area contributed by atoms with E-state index in [1.807, 2.05) is 37.3 Å². The number of ether oxygens (including phenoxy) is 1. The SMILES string of the molecule is CC(C)c1ccc(C(=O)OCC(=O)N[C@@H](C)c2ccccc2Cl)cc1. The van der Waals surface area contributed by atoms with Gasteiger partial charge in [0, 0.05) is 5.02 Å². The van der Waals surface area contributed by atoms with Crippen LogP contribution in [0.3, 0.4) is 0 Å². The highest BCUT2D eigenvalue weighted by Crippen LogP contribution is 2.22. The first-order valence-electron chi connectivity index (χ1n) is 8.19. The smallest absolute Gasteiger partial charge is 0.338 e. The second-order valence-electron chi connectivity index (χ2n) is 6.16. The van der Waals surface area contributed by atoms with Crippen molar-refractivity contribution in [3.05, 3.63) is 70.2 Å². The molecular weight excluding hydrogens is 338 g/mol. The Bertz CT molecular complexity index is 741. The van der Waals surface area contributed by atoms with Crippen LogP contribution in [0.2, 0.25) is 5.02 Å². The highest BCUT2D eigenvalue weighted by Gasteiger charge is 2.15. The standard InChI is InChI=1S/C20H22ClNO3/c1-13(2)15-8-10-16(11-9-15)20(24)25-12-19(23)22-14(3)17-6-4-5-7-18(17)21/h4-11,13-14H,12H2,1-3H3,(H,22,23)/t14-/m0/s1. The molecule has 2 aromatic rings. The summed E-state index contributed by atoms with van der Waals surface area (Å²) < 4.78 is 5.07. The molecule has 0 aliphatic carbocycles. The Morgan fingerprint density at radius 1 is 1.04 bits per heavy atom. The Morgan fingerprint density at radius 2 is 1.68 bits per heavy atom. The Morgan fingerprint density at radius 3 is 2.28 bits per heavy atom. The van der Waals surface area contributed by atoms with Gasteiger partial charge in [-0.3, -0.25) is 4.79 Å². The van der Waals surface area contributed by atoms with Crippen molar-refractivity contribution < 1.29 is 14.3 Å². The predicted octanol–water partition coefficient (Wildman–Crippen LogP) is 4.50. The van der Waals surface area contributed by atoms with E-state index in [0.717, 1.165) is 11.1 Å². The van der Waals surface area contributed by atoms with Crippen LogP contribution in [0.4, 0.5) is 0 Å². The molecule has 1 atom stereocenters. The summed E-state index contributed by atoms with van der Waals surface area (Å²) in [6, 6.07) is 14.2. The summed E-state index contributed by atoms with van der Waals surface area (Å²) in [5, 5.41) is 3.35. The topological polar surface area (TPSA) is 55.4 Å². The number of benzene rings is 2. The normalized spacial score (nSPS) is 11.9. The lowest BCUT2D eigenvalue weighted by Gasteiger charge is -2.15. The predicted molar refractivity (Wildman–Crippen MR) is 98.8 cm³/mol. The van der Waals surface area contributed by atoms with Crippen molar-refractivity contribution in [3.63, 3.8) is 0 Å². The summed E-state index contributed by atoms with van der Waals surface area (Å²) in [4.78, 5) is 24.0. The molecule has 0 aliphatic heterocycles. The van der Waals surface area contributed by atoms with Gasteiger partial charge in [0.15, 0.2) is 6.61 Å². The van der Waals surface area contributed by atoms with Crippen LogP contribution in [0.5, 0.6) is 0 Å². The van der Waals surface area contributed by atoms with E-state index in [4.69, 9.17) is 16.3 Å². The summed E-state index contributed by atoms with van der Waals surface area (Å²) in [7, 11) is 0. The van der Waals surface area contributed by atoms with Crippen molar-refractivity contribution in [3.8, 4) is 0 Å². The van der Waals surface area contributed by atoms with Crippen molar-refractivity contribution in [1.82, 2.24) is 5.32 Å². The highest BCUT2D eigenvalue weighted by atomic mass is 35.5. The molecule has 0 bridgehead atoms. The van der Waals surface area contributed by atoms with Crippen molar-refractivity contribution in [2.24, 2.45) is 0 Å². The maximum Gasteiger partial charge on any atom is 0.338 e. The van der Waals surface area contributed by atoms with Crippen molar-refractivity contribution in [2.75, 3.05) is 6.61 Å². The lowest BCUT2D eigenvalue weighted by atomic mass is 10.0. The van der Waals surface area contributed by atoms with E-state index in [9.17, 15) is 9.59 Å². The van der Waals surface area contributed by atoms with Crippen molar-refractivity contribution >= 4 is 23.5 Å². The van der Waals surface area contributed by atoms with Gasteiger partial charge in [-0.2, -0.15) is 0 Å². The minimum atomic E-state index is -0.518. The number of carbonyl (C=O) groups is 2. The van der Waals surface area contributed by atoms with E-state index in [2.05, 4.69) is 19.2 Å². The second-order valence-corrected chi connectivity index (χ2v) is 6.57. The second kappa shape index (κ2) is 8.67. The van der Waals surface area contributed by atoms with Crippen LogP contribution in [0.1, 0.15) is 54.2 Å². The molecule has 132 valence electrons. The van der Waals surface area contributed by atoms with Gasteiger partial charge in [0.2, 0.25) is 0 Å². The molecule has 0 radical (unpaired) electrons. The van der Waals surface area contributed by atoms with Crippen LogP contribution in [0.15, 0.2) is 48.5 Å². The fourth-order valence-electron chi connectivity index (χ4n) is 2.41. The van der Waals surface area contributed by atoms with Gasteiger partial charge in [0.05, 0.1) is 11.6 Å². The molecule has 1 amide bonds. The van der Waals surface area contributed by atoms with Crippen LogP contribution >= 0.6 is 11.6 Å². The van der Waals surface area contributed by atoms with Gasteiger partial charge < -0.3 is 10.1 Å². The number of nitrogens with one attached hydrogen (secondary N) is 1. The summed E-state index contributed by atoms with van der Waals surface area (Å²) in [5.74, 6) is -0.502. The summed E-state index contributed by atoms with van der Waals surface area (Å²) >= 11 is 6.11. The van der Waals surface area contributed by atoms with E-state index < -0.39 is 5.97 Å². The van der Waals surface area contributed by atoms with Gasteiger partial charge in [-0.1, -0.05) is 55.8 Å². The zero-order valence-electron chi connectivity index (χ0n) is 14.6. The summed E-state index contributed by atoms with van der Waals surface area (Å²) in [6.07, 6.45) is 0. The Kier molecular flexibility index (Phi) is 6.59. The Balaban J connectivity index is 1.87. The Hall–Kier alpha value is -2.33. The van der Waals surface area contributed by atoms with Crippen molar-refractivity contribution in [2.45, 2.75) is 32.7 Å². The quantitative estimate of drug-likeness (QED) is 0.773. The minimum Gasteiger partial charge on any atom is -0.452 e. The van der Waals surface area contributed by atoms with Crippen LogP contribution in [-0.2, 0) is 9.53 Å². The zero-order chi connectivity index (χ0) is 18.4. The average molecular weight is 360 g/mol. The van der Waals surface area contributed by atoms with Crippen LogP contribution in [-0.4, -0.2) is 18.5 Å². The van der Waals surface area contributed by atoms with Crippen LogP contribution in [0, 0.1) is 0 Å². The third-order valence-corrected chi connectivity index (χ3v) is 4.24. The van der Waals surface area contributed by atoms with Crippen LogP contribution < -0.4 is 5.32 Å². The first kappa shape index (κ1) is 19.0. The number of carbonyl (C=O) groups excluding carboxylic acids is 2. The average Bonchev–Trinajstić information content (AvgIpc) is 2.60. The fourth-order valence-corrected chi connectivity index (χ4v) is 2.71. The number of hydrogen-bond donors (Lipinski definition) is 1. The molecule has 0 fully saturated rings. The molecule has 2 rings (SSSR count). The molecule has 0 aliphatic rings. The summed E-state index contributed by atoms with van der Waals surface area (Å²) in [6.45, 7) is 5.65. The largest absolute Gasteiger partial charge is 0.452 e. The maximum absolute atomic E-state index is 12.0. The van der Waals surface area contributed by atoms with Gasteiger partial charge in [0.25, 0.3) is 5.91 Å². The first-order valence-corrected chi connectivity index (χ1v) is 8.57. The van der Waals surface area contributed by atoms with Crippen molar-refractivity contribution in [1.29, 1.82) is 0 Å². The molecule has 0 heterocycles. The van der Waals surface area contributed by atoms with E-state index in [-0.39, 0.29) is 18.6 Å². The minimum absolute atomic E-state index is 0.273. The molecule has 4 nitrogen and oxygen atoms in total. The van der Waals surface area contributed by atoms with E-state index in [1.165, 1.54) is 0 Å². The Labute approximate surface area is 153 Å². The molecule has 0 spiro atoms. The molecule has 0 unspecified atom stereocenters. The number of esters is 1. The highest BCUT2D eigenvalue weighted by molar-refractivity contribution is 6.31. The lowest BCUT2D eigenvalue weighted by molar-refractivity contribution is -0.124. The van der Waals surface area contributed by atoms with Gasteiger partial charge in [-0.15, -0.1) is 0 Å². The van der Waals surface area contributed by atoms with Gasteiger partial charge in [-0.25, -0.2) is 4.79 Å². The first-order chi connectivity index (χ1) is 11.9. The van der Waals surface area contributed by atoms with E-state index >= 15 is 0 Å². The molecular formula is C20H22ClNO3. The molecule has 25 heavy (non-hydrogen) atoms. The number of amides is 1. The molecule has 5 heteroatoms. The molecule has 1 N–H and O–H groups in total. The zero-order valence-corrected chi connectivity index (χ0v) is 15.3. The third-order valence-electron chi connectivity index (χ3n) is 3.90. The summed E-state index contributed by atoms with van der Waals surface area (Å²) in [5.41, 5.74) is 2.38. The lowest BCUT2D eigenvalue weighted by Crippen LogP contribution is -2.31. The maximum atomic E-state index is 12.0. The number of hydrogen-bond acceptors (Lipinski definition) is 3. The van der Waals surface area contributed by atoms with E-state index in [0.29, 0.717) is 16.5 Å². The molecule has 2 aromatic carbocycles. The van der Waals surface area contributed by atoms with Crippen LogP contribution in [0.25, 0.3) is 0 Å². The van der Waals surface area contributed by atoms with Gasteiger partial charge in [0.1, 0.15) is 0 Å². The van der Waals surface area contributed by atoms with E-state index in [1.54, 1.807) is 18.2 Å². The molecule has 0 saturated heterocycles.